The summed E-state index contributed by atoms with van der Waals surface area (Å²) >= 11 is 0. The Kier molecular flexibility index (Phi) is 6.82. The van der Waals surface area contributed by atoms with Gasteiger partial charge >= 0.3 is 0 Å². The molecule has 1 aliphatic rings. The lowest BCUT2D eigenvalue weighted by molar-refractivity contribution is -0.138. The van der Waals surface area contributed by atoms with Gasteiger partial charge in [0.1, 0.15) is 24.7 Å². The first-order valence-electron chi connectivity index (χ1n) is 9.19. The number of para-hydroxylation sites is 1. The van der Waals surface area contributed by atoms with E-state index in [0.717, 1.165) is 31.7 Å². The van der Waals surface area contributed by atoms with Crippen LogP contribution in [0.4, 0.5) is 5.69 Å². The molecule has 6 nitrogen and oxygen atoms in total. The molecule has 142 valence electrons. The number of nitrogens with one attached hydrogen (secondary N) is 1. The van der Waals surface area contributed by atoms with Crippen LogP contribution in [0.15, 0.2) is 54.6 Å². The number of piperidine rings is 1. The highest BCUT2D eigenvalue weighted by atomic mass is 16.5. The Balaban J connectivity index is 1.39. The average molecular weight is 368 g/mol. The number of likely N-dealkylation sites (tertiary alicyclic amines) is 1. The standard InChI is InChI=1S/C21H24N2O4/c24-20(15-26-16-21(25)23-13-5-2-6-14-23)22-17-9-11-19(12-10-17)27-18-7-3-1-4-8-18/h1,3-4,7-12H,2,5-6,13-16H2,(H,22,24). The number of hydrogen-bond acceptors (Lipinski definition) is 4. The number of benzene rings is 2. The molecule has 0 radical (unpaired) electrons. The third kappa shape index (κ3) is 6.11. The molecular weight excluding hydrogens is 344 g/mol. The number of ether oxygens (including phenoxy) is 2. The molecule has 0 saturated carbocycles. The Morgan fingerprint density at radius 3 is 2.22 bits per heavy atom. The number of nitrogens with zero attached hydrogens (tertiary/aromatic N) is 1. The Morgan fingerprint density at radius 2 is 1.52 bits per heavy atom. The van der Waals surface area contributed by atoms with Crippen molar-refractivity contribution in [2.75, 3.05) is 31.6 Å². The molecule has 6 heteroatoms. The summed E-state index contributed by atoms with van der Waals surface area (Å²) < 4.78 is 11.0. The largest absolute Gasteiger partial charge is 0.457 e. The van der Waals surface area contributed by atoms with Crippen molar-refractivity contribution < 1.29 is 19.1 Å². The quantitative estimate of drug-likeness (QED) is 0.813. The zero-order valence-electron chi connectivity index (χ0n) is 15.2. The van der Waals surface area contributed by atoms with E-state index in [1.165, 1.54) is 6.42 Å². The number of amides is 2. The fourth-order valence-electron chi connectivity index (χ4n) is 2.89. The van der Waals surface area contributed by atoms with Gasteiger partial charge in [-0.25, -0.2) is 0 Å². The lowest BCUT2D eigenvalue weighted by Gasteiger charge is -2.26. The molecule has 0 aromatic heterocycles. The van der Waals surface area contributed by atoms with Crippen LogP contribution < -0.4 is 10.1 Å². The maximum atomic E-state index is 12.0. The van der Waals surface area contributed by atoms with Crippen LogP contribution in [0.25, 0.3) is 0 Å². The van der Waals surface area contributed by atoms with Crippen molar-refractivity contribution in [3.05, 3.63) is 54.6 Å². The lowest BCUT2D eigenvalue weighted by atomic mass is 10.1. The van der Waals surface area contributed by atoms with Crippen molar-refractivity contribution in [3.63, 3.8) is 0 Å². The van der Waals surface area contributed by atoms with Crippen LogP contribution >= 0.6 is 0 Å². The van der Waals surface area contributed by atoms with Crippen molar-refractivity contribution in [2.45, 2.75) is 19.3 Å². The minimum absolute atomic E-state index is 0.0510. The van der Waals surface area contributed by atoms with Gasteiger partial charge in [0.05, 0.1) is 0 Å². The van der Waals surface area contributed by atoms with Gasteiger partial charge in [0.15, 0.2) is 0 Å². The molecule has 1 heterocycles. The molecule has 1 fully saturated rings. The van der Waals surface area contributed by atoms with Gasteiger partial charge in [0, 0.05) is 18.8 Å². The van der Waals surface area contributed by atoms with E-state index in [1.807, 2.05) is 30.3 Å². The van der Waals surface area contributed by atoms with E-state index in [2.05, 4.69) is 5.32 Å². The summed E-state index contributed by atoms with van der Waals surface area (Å²) in [5.74, 6) is 1.09. The predicted octanol–water partition coefficient (Wildman–Crippen LogP) is 3.45. The summed E-state index contributed by atoms with van der Waals surface area (Å²) in [4.78, 5) is 25.7. The summed E-state index contributed by atoms with van der Waals surface area (Å²) in [6.45, 7) is 1.36. The maximum absolute atomic E-state index is 12.0. The first-order valence-corrected chi connectivity index (χ1v) is 9.19. The second-order valence-corrected chi connectivity index (χ2v) is 6.42. The summed E-state index contributed by atoms with van der Waals surface area (Å²) in [6.07, 6.45) is 3.24. The van der Waals surface area contributed by atoms with E-state index in [0.29, 0.717) is 11.4 Å². The Labute approximate surface area is 159 Å². The van der Waals surface area contributed by atoms with Gasteiger partial charge in [-0.2, -0.15) is 0 Å². The predicted molar refractivity (Wildman–Crippen MR) is 103 cm³/mol. The van der Waals surface area contributed by atoms with Crippen molar-refractivity contribution in [2.24, 2.45) is 0 Å². The SMILES string of the molecule is O=C(COCC(=O)N1CCCCC1)Nc1ccc(Oc2ccccc2)cc1. The van der Waals surface area contributed by atoms with Gasteiger partial charge in [-0.05, 0) is 55.7 Å². The van der Waals surface area contributed by atoms with E-state index >= 15 is 0 Å². The normalized spacial score (nSPS) is 13.9. The molecule has 0 aliphatic carbocycles. The lowest BCUT2D eigenvalue weighted by Crippen LogP contribution is -2.38. The molecule has 27 heavy (non-hydrogen) atoms. The summed E-state index contributed by atoms with van der Waals surface area (Å²) in [6, 6.07) is 16.6. The van der Waals surface area contributed by atoms with Gasteiger partial charge in [-0.15, -0.1) is 0 Å². The molecule has 1 aliphatic heterocycles. The number of carbonyl (C=O) groups is 2. The van der Waals surface area contributed by atoms with Crippen molar-refractivity contribution in [1.29, 1.82) is 0 Å². The third-order valence-electron chi connectivity index (χ3n) is 4.28. The highest BCUT2D eigenvalue weighted by Crippen LogP contribution is 2.22. The topological polar surface area (TPSA) is 67.9 Å². The smallest absolute Gasteiger partial charge is 0.250 e. The van der Waals surface area contributed by atoms with Gasteiger partial charge in [-0.1, -0.05) is 18.2 Å². The molecular formula is C21H24N2O4. The molecule has 2 aromatic rings. The Bertz CT molecular complexity index is 741. The average Bonchev–Trinajstić information content (AvgIpc) is 2.71. The summed E-state index contributed by atoms with van der Waals surface area (Å²) in [7, 11) is 0. The molecule has 1 saturated heterocycles. The maximum Gasteiger partial charge on any atom is 0.250 e. The number of anilines is 1. The first-order chi connectivity index (χ1) is 13.2. The minimum atomic E-state index is -0.293. The first kappa shape index (κ1) is 18.9. The van der Waals surface area contributed by atoms with Crippen LogP contribution in [0.2, 0.25) is 0 Å². The molecule has 3 rings (SSSR count). The molecule has 0 spiro atoms. The number of carbonyl (C=O) groups excluding carboxylic acids is 2. The molecule has 0 unspecified atom stereocenters. The van der Waals surface area contributed by atoms with Crippen LogP contribution in [0.5, 0.6) is 11.5 Å². The summed E-state index contributed by atoms with van der Waals surface area (Å²) in [5, 5.41) is 2.74. The molecule has 2 amide bonds. The number of hydrogen-bond donors (Lipinski definition) is 1. The van der Waals surface area contributed by atoms with Crippen LogP contribution in [0, 0.1) is 0 Å². The van der Waals surface area contributed by atoms with E-state index in [-0.39, 0.29) is 25.0 Å². The van der Waals surface area contributed by atoms with E-state index < -0.39 is 0 Å². The second kappa shape index (κ2) is 9.73. The van der Waals surface area contributed by atoms with Crippen LogP contribution in [0.1, 0.15) is 19.3 Å². The van der Waals surface area contributed by atoms with Gasteiger partial charge in [0.2, 0.25) is 11.8 Å². The van der Waals surface area contributed by atoms with E-state index in [9.17, 15) is 9.59 Å². The molecule has 1 N–H and O–H groups in total. The van der Waals surface area contributed by atoms with Crippen molar-refractivity contribution in [3.8, 4) is 11.5 Å². The fraction of sp³-hybridized carbons (Fsp3) is 0.333. The Hall–Kier alpha value is -2.86. The van der Waals surface area contributed by atoms with E-state index in [1.54, 1.807) is 29.2 Å². The Morgan fingerprint density at radius 1 is 0.852 bits per heavy atom. The van der Waals surface area contributed by atoms with Crippen molar-refractivity contribution in [1.82, 2.24) is 4.90 Å². The zero-order valence-corrected chi connectivity index (χ0v) is 15.2. The second-order valence-electron chi connectivity index (χ2n) is 6.42. The fourth-order valence-corrected chi connectivity index (χ4v) is 2.89. The highest BCUT2D eigenvalue weighted by Gasteiger charge is 2.16. The van der Waals surface area contributed by atoms with Gasteiger partial charge < -0.3 is 19.7 Å². The van der Waals surface area contributed by atoms with Crippen LogP contribution in [-0.2, 0) is 14.3 Å². The summed E-state index contributed by atoms with van der Waals surface area (Å²) in [5.41, 5.74) is 0.645. The van der Waals surface area contributed by atoms with Crippen LogP contribution in [-0.4, -0.2) is 43.0 Å². The third-order valence-corrected chi connectivity index (χ3v) is 4.28. The number of rotatable bonds is 7. The monoisotopic (exact) mass is 368 g/mol. The molecule has 2 aromatic carbocycles. The highest BCUT2D eigenvalue weighted by molar-refractivity contribution is 5.92. The van der Waals surface area contributed by atoms with Gasteiger partial charge in [-0.3, -0.25) is 9.59 Å². The van der Waals surface area contributed by atoms with Crippen molar-refractivity contribution >= 4 is 17.5 Å². The van der Waals surface area contributed by atoms with E-state index in [4.69, 9.17) is 9.47 Å². The zero-order chi connectivity index (χ0) is 18.9. The van der Waals surface area contributed by atoms with Gasteiger partial charge in [0.25, 0.3) is 0 Å². The van der Waals surface area contributed by atoms with Crippen LogP contribution in [0.3, 0.4) is 0 Å². The minimum Gasteiger partial charge on any atom is -0.457 e. The molecule has 0 atom stereocenters. The molecule has 0 bridgehead atoms.